The molecule has 1 unspecified atom stereocenters. The highest BCUT2D eigenvalue weighted by atomic mass is 16.5. The lowest BCUT2D eigenvalue weighted by atomic mass is 10.1. The van der Waals surface area contributed by atoms with Crippen LogP contribution in [0.2, 0.25) is 0 Å². The largest absolute Gasteiger partial charge is 0.481 e. The summed E-state index contributed by atoms with van der Waals surface area (Å²) in [7, 11) is 1.45. The van der Waals surface area contributed by atoms with Crippen LogP contribution in [0.3, 0.4) is 0 Å². The van der Waals surface area contributed by atoms with E-state index in [2.05, 4.69) is 5.32 Å². The van der Waals surface area contributed by atoms with Crippen LogP contribution >= 0.6 is 0 Å². The first-order valence-corrected chi connectivity index (χ1v) is 5.84. The van der Waals surface area contributed by atoms with Crippen molar-refractivity contribution in [3.8, 4) is 0 Å². The molecule has 17 heavy (non-hydrogen) atoms. The number of carboxylic acid groups (broad SMARTS) is 1. The maximum Gasteiger partial charge on any atom is 0.303 e. The van der Waals surface area contributed by atoms with Gasteiger partial charge < -0.3 is 20.9 Å². The van der Waals surface area contributed by atoms with Crippen LogP contribution in [0.25, 0.3) is 0 Å². The van der Waals surface area contributed by atoms with Crippen LogP contribution in [0.1, 0.15) is 32.1 Å². The lowest BCUT2D eigenvalue weighted by molar-refractivity contribution is -0.137. The van der Waals surface area contributed by atoms with Gasteiger partial charge in [-0.3, -0.25) is 9.59 Å². The normalized spacial score (nSPS) is 12.1. The van der Waals surface area contributed by atoms with E-state index in [0.29, 0.717) is 13.0 Å². The molecule has 0 aliphatic heterocycles. The highest BCUT2D eigenvalue weighted by molar-refractivity contribution is 5.80. The minimum atomic E-state index is -0.760. The molecule has 0 rings (SSSR count). The fraction of sp³-hybridized carbons (Fsp3) is 0.818. The second kappa shape index (κ2) is 10.0. The zero-order valence-electron chi connectivity index (χ0n) is 10.3. The molecule has 0 radical (unpaired) electrons. The summed E-state index contributed by atoms with van der Waals surface area (Å²) in [6.07, 6.45) is 2.94. The Morgan fingerprint density at radius 2 is 1.94 bits per heavy atom. The van der Waals surface area contributed by atoms with Crippen molar-refractivity contribution in [3.63, 3.8) is 0 Å². The highest BCUT2D eigenvalue weighted by Crippen LogP contribution is 2.02. The number of hydrogen-bond acceptors (Lipinski definition) is 4. The van der Waals surface area contributed by atoms with E-state index in [0.717, 1.165) is 19.3 Å². The fourth-order valence-corrected chi connectivity index (χ4v) is 1.39. The molecular formula is C11H22N2O4. The van der Waals surface area contributed by atoms with Gasteiger partial charge in [0.1, 0.15) is 6.10 Å². The standard InChI is InChI=1S/C11H22N2O4/c1-17-9(8-12)11(16)13-7-5-3-2-4-6-10(14)15/h9H,2-8,12H2,1H3,(H,13,16)(H,14,15). The monoisotopic (exact) mass is 246 g/mol. The van der Waals surface area contributed by atoms with Crippen molar-refractivity contribution in [2.45, 2.75) is 38.2 Å². The van der Waals surface area contributed by atoms with Crippen molar-refractivity contribution in [2.24, 2.45) is 5.73 Å². The van der Waals surface area contributed by atoms with Crippen molar-refractivity contribution in [1.29, 1.82) is 0 Å². The molecule has 0 heterocycles. The first kappa shape index (κ1) is 15.9. The number of carbonyl (C=O) groups is 2. The third kappa shape index (κ3) is 8.65. The SMILES string of the molecule is COC(CN)C(=O)NCCCCCCC(=O)O. The van der Waals surface area contributed by atoms with Gasteiger partial charge in [0.25, 0.3) is 0 Å². The van der Waals surface area contributed by atoms with E-state index in [1.165, 1.54) is 7.11 Å². The molecule has 1 amide bonds. The van der Waals surface area contributed by atoms with Crippen LogP contribution in [-0.2, 0) is 14.3 Å². The molecule has 1 atom stereocenters. The van der Waals surface area contributed by atoms with E-state index in [1.54, 1.807) is 0 Å². The Labute approximate surface area is 102 Å². The average Bonchev–Trinajstić information content (AvgIpc) is 2.29. The van der Waals surface area contributed by atoms with E-state index in [9.17, 15) is 9.59 Å². The molecule has 6 nitrogen and oxygen atoms in total. The van der Waals surface area contributed by atoms with Crippen LogP contribution in [-0.4, -0.2) is 43.3 Å². The Hall–Kier alpha value is -1.14. The Morgan fingerprint density at radius 3 is 2.47 bits per heavy atom. The number of aliphatic carboxylic acids is 1. The van der Waals surface area contributed by atoms with E-state index in [-0.39, 0.29) is 18.9 Å². The quantitative estimate of drug-likeness (QED) is 0.475. The third-order valence-corrected chi connectivity index (χ3v) is 2.41. The summed E-state index contributed by atoms with van der Waals surface area (Å²) in [6, 6.07) is 0. The van der Waals surface area contributed by atoms with Gasteiger partial charge in [0.05, 0.1) is 0 Å². The molecule has 0 bridgehead atoms. The van der Waals surface area contributed by atoms with Crippen molar-refractivity contribution < 1.29 is 19.4 Å². The molecule has 0 spiro atoms. The molecule has 0 fully saturated rings. The topological polar surface area (TPSA) is 102 Å². The lowest BCUT2D eigenvalue weighted by Gasteiger charge is -2.12. The smallest absolute Gasteiger partial charge is 0.303 e. The van der Waals surface area contributed by atoms with Crippen LogP contribution in [0.4, 0.5) is 0 Å². The number of nitrogens with one attached hydrogen (secondary N) is 1. The summed E-state index contributed by atoms with van der Waals surface area (Å²) < 4.78 is 4.88. The number of unbranched alkanes of at least 4 members (excludes halogenated alkanes) is 3. The molecule has 4 N–H and O–H groups in total. The second-order valence-corrected chi connectivity index (χ2v) is 3.81. The molecule has 0 aromatic carbocycles. The molecule has 6 heteroatoms. The summed E-state index contributed by atoms with van der Waals surface area (Å²) in [5, 5.41) is 11.1. The number of amides is 1. The van der Waals surface area contributed by atoms with E-state index in [1.807, 2.05) is 0 Å². The van der Waals surface area contributed by atoms with Gasteiger partial charge in [-0.15, -0.1) is 0 Å². The predicted molar refractivity (Wildman–Crippen MR) is 63.6 cm³/mol. The van der Waals surface area contributed by atoms with E-state index >= 15 is 0 Å². The molecule has 0 saturated heterocycles. The highest BCUT2D eigenvalue weighted by Gasteiger charge is 2.14. The summed E-state index contributed by atoms with van der Waals surface area (Å²) in [5.74, 6) is -0.954. The lowest BCUT2D eigenvalue weighted by Crippen LogP contribution is -2.40. The van der Waals surface area contributed by atoms with Gasteiger partial charge in [-0.05, 0) is 12.8 Å². The Balaban J connectivity index is 3.39. The minimum Gasteiger partial charge on any atom is -0.481 e. The van der Waals surface area contributed by atoms with Crippen LogP contribution in [0, 0.1) is 0 Å². The molecule has 0 aromatic rings. The van der Waals surface area contributed by atoms with Gasteiger partial charge >= 0.3 is 5.97 Å². The van der Waals surface area contributed by atoms with Crippen molar-refractivity contribution in [3.05, 3.63) is 0 Å². The van der Waals surface area contributed by atoms with Gasteiger partial charge in [0, 0.05) is 26.6 Å². The zero-order chi connectivity index (χ0) is 13.1. The first-order valence-electron chi connectivity index (χ1n) is 5.84. The molecule has 100 valence electrons. The number of rotatable bonds is 10. The van der Waals surface area contributed by atoms with Crippen molar-refractivity contribution in [2.75, 3.05) is 20.2 Å². The van der Waals surface area contributed by atoms with Gasteiger partial charge in [-0.1, -0.05) is 12.8 Å². The molecule has 0 aliphatic carbocycles. The maximum atomic E-state index is 11.4. The number of ether oxygens (including phenoxy) is 1. The summed E-state index contributed by atoms with van der Waals surface area (Å²) >= 11 is 0. The van der Waals surface area contributed by atoms with Crippen LogP contribution in [0.15, 0.2) is 0 Å². The van der Waals surface area contributed by atoms with Gasteiger partial charge in [0.15, 0.2) is 0 Å². The Bertz CT molecular complexity index is 230. The zero-order valence-corrected chi connectivity index (χ0v) is 10.3. The summed E-state index contributed by atoms with van der Waals surface area (Å²) in [6.45, 7) is 0.743. The molecular weight excluding hydrogens is 224 g/mol. The number of nitrogens with two attached hydrogens (primary N) is 1. The fourth-order valence-electron chi connectivity index (χ4n) is 1.39. The third-order valence-electron chi connectivity index (χ3n) is 2.41. The van der Waals surface area contributed by atoms with E-state index < -0.39 is 12.1 Å². The maximum absolute atomic E-state index is 11.4. The number of carboxylic acids is 1. The first-order chi connectivity index (χ1) is 8.11. The second-order valence-electron chi connectivity index (χ2n) is 3.81. The Morgan fingerprint density at radius 1 is 1.29 bits per heavy atom. The molecule has 0 aliphatic rings. The number of carbonyl (C=O) groups excluding carboxylic acids is 1. The van der Waals surface area contributed by atoms with E-state index in [4.69, 9.17) is 15.6 Å². The van der Waals surface area contributed by atoms with Crippen molar-refractivity contribution >= 4 is 11.9 Å². The predicted octanol–water partition coefficient (Wildman–Crippen LogP) is 0.111. The number of methoxy groups -OCH3 is 1. The van der Waals surface area contributed by atoms with Crippen LogP contribution < -0.4 is 11.1 Å². The van der Waals surface area contributed by atoms with Gasteiger partial charge in [-0.2, -0.15) is 0 Å². The Kier molecular flexibility index (Phi) is 9.37. The number of hydrogen-bond donors (Lipinski definition) is 3. The minimum absolute atomic E-state index is 0.168. The summed E-state index contributed by atoms with van der Waals surface area (Å²) in [4.78, 5) is 21.6. The molecule has 0 aromatic heterocycles. The van der Waals surface area contributed by atoms with Gasteiger partial charge in [0.2, 0.25) is 5.91 Å². The van der Waals surface area contributed by atoms with Crippen LogP contribution in [0.5, 0.6) is 0 Å². The van der Waals surface area contributed by atoms with Gasteiger partial charge in [-0.25, -0.2) is 0 Å². The van der Waals surface area contributed by atoms with Crippen molar-refractivity contribution in [1.82, 2.24) is 5.32 Å². The molecule has 0 saturated carbocycles. The average molecular weight is 246 g/mol. The summed E-state index contributed by atoms with van der Waals surface area (Å²) in [5.41, 5.74) is 5.34.